The van der Waals surface area contributed by atoms with Crippen LogP contribution in [0.25, 0.3) is 0 Å². The van der Waals surface area contributed by atoms with Gasteiger partial charge < -0.3 is 24.4 Å². The molecule has 9 heteroatoms. The highest BCUT2D eigenvalue weighted by Gasteiger charge is 2.65. The van der Waals surface area contributed by atoms with E-state index in [9.17, 15) is 24.6 Å². The van der Waals surface area contributed by atoms with Crippen molar-refractivity contribution in [3.05, 3.63) is 22.8 Å². The Hall–Kier alpha value is -1.90. The van der Waals surface area contributed by atoms with Crippen molar-refractivity contribution in [1.29, 1.82) is 0 Å². The van der Waals surface area contributed by atoms with E-state index >= 15 is 0 Å². The first-order valence-electron chi connectivity index (χ1n) is 11.2. The molecule has 0 amide bonds. The van der Waals surface area contributed by atoms with Crippen LogP contribution in [0.2, 0.25) is 0 Å². The minimum absolute atomic E-state index is 0.148. The maximum Gasteiger partial charge on any atom is 0.312 e. The van der Waals surface area contributed by atoms with Gasteiger partial charge in [0, 0.05) is 31.1 Å². The number of aliphatic hydroxyl groups is 2. The van der Waals surface area contributed by atoms with Gasteiger partial charge in [-0.1, -0.05) is 37.1 Å². The minimum atomic E-state index is -2.04. The van der Waals surface area contributed by atoms with E-state index in [4.69, 9.17) is 25.8 Å². The molecule has 0 aromatic heterocycles. The van der Waals surface area contributed by atoms with Gasteiger partial charge in [0.1, 0.15) is 17.8 Å². The number of carbonyl (C=O) groups excluding carboxylic acids is 3. The van der Waals surface area contributed by atoms with Crippen LogP contribution in [-0.2, 0) is 28.6 Å². The second kappa shape index (κ2) is 9.04. The van der Waals surface area contributed by atoms with Crippen molar-refractivity contribution in [3.8, 4) is 0 Å². The molecule has 3 rings (SSSR count). The summed E-state index contributed by atoms with van der Waals surface area (Å²) in [7, 11) is 0. The lowest BCUT2D eigenvalue weighted by Crippen LogP contribution is -2.63. The highest BCUT2D eigenvalue weighted by Crippen LogP contribution is 2.54. The van der Waals surface area contributed by atoms with Crippen molar-refractivity contribution in [3.63, 3.8) is 0 Å². The van der Waals surface area contributed by atoms with E-state index < -0.39 is 71.1 Å². The number of ether oxygens (including phenoxy) is 3. The first-order valence-corrected chi connectivity index (χ1v) is 11.6. The van der Waals surface area contributed by atoms with Crippen LogP contribution in [0.1, 0.15) is 54.4 Å². The Balaban J connectivity index is 2.24. The fourth-order valence-electron chi connectivity index (χ4n) is 5.72. The number of fused-ring (bicyclic) bond motifs is 2. The molecule has 1 heterocycles. The van der Waals surface area contributed by atoms with Crippen molar-refractivity contribution < 1.29 is 38.8 Å². The summed E-state index contributed by atoms with van der Waals surface area (Å²) in [6.45, 7) is 9.49. The molecule has 0 aromatic carbocycles. The Kier molecular flexibility index (Phi) is 7.05. The van der Waals surface area contributed by atoms with Gasteiger partial charge in [-0.05, 0) is 32.8 Å². The summed E-state index contributed by atoms with van der Waals surface area (Å²) >= 11 is 6.59. The molecule has 0 aromatic rings. The Labute approximate surface area is 198 Å². The van der Waals surface area contributed by atoms with Gasteiger partial charge in [-0.15, -0.1) is 0 Å². The van der Waals surface area contributed by atoms with Crippen LogP contribution < -0.4 is 0 Å². The van der Waals surface area contributed by atoms with Crippen LogP contribution in [0.4, 0.5) is 0 Å². The quantitative estimate of drug-likeness (QED) is 0.349. The number of hydrogen-bond acceptors (Lipinski definition) is 8. The molecule has 0 radical (unpaired) electrons. The van der Waals surface area contributed by atoms with Crippen LogP contribution in [0.15, 0.2) is 22.8 Å². The van der Waals surface area contributed by atoms with Crippen molar-refractivity contribution in [2.75, 3.05) is 0 Å². The molecule has 2 aliphatic carbocycles. The highest BCUT2D eigenvalue weighted by atomic mass is 35.5. The largest absolute Gasteiger partial charge is 0.462 e. The molecule has 33 heavy (non-hydrogen) atoms. The van der Waals surface area contributed by atoms with Crippen molar-refractivity contribution >= 4 is 29.5 Å². The molecule has 0 bridgehead atoms. The van der Waals surface area contributed by atoms with Crippen LogP contribution >= 0.6 is 11.6 Å². The SMILES string of the molecule is CC(=O)OC1C=CC2(C)C(OC(C)=O)CCC(C)=C(Cl)C3OC(=O)C(C)C3(O)C(O)C2C1C. The molecule has 8 nitrogen and oxygen atoms in total. The number of rotatable bonds is 2. The maximum absolute atomic E-state index is 12.6. The summed E-state index contributed by atoms with van der Waals surface area (Å²) in [5, 5.41) is 23.8. The van der Waals surface area contributed by atoms with Crippen molar-refractivity contribution in [2.45, 2.75) is 84.4 Å². The van der Waals surface area contributed by atoms with E-state index in [1.807, 2.05) is 6.92 Å². The van der Waals surface area contributed by atoms with Gasteiger partial charge in [0.25, 0.3) is 0 Å². The molecule has 184 valence electrons. The van der Waals surface area contributed by atoms with Crippen molar-refractivity contribution in [2.24, 2.45) is 23.2 Å². The zero-order valence-corrected chi connectivity index (χ0v) is 20.6. The highest BCUT2D eigenvalue weighted by molar-refractivity contribution is 6.30. The van der Waals surface area contributed by atoms with Crippen LogP contribution in [0, 0.1) is 23.2 Å². The summed E-state index contributed by atoms with van der Waals surface area (Å²) in [6.07, 6.45) is 0.216. The third-order valence-electron chi connectivity index (χ3n) is 7.69. The van der Waals surface area contributed by atoms with Gasteiger partial charge in [0.2, 0.25) is 0 Å². The molecule has 1 fully saturated rings. The number of allylic oxidation sites excluding steroid dienone is 1. The van der Waals surface area contributed by atoms with Gasteiger partial charge in [0.05, 0.1) is 17.1 Å². The summed E-state index contributed by atoms with van der Waals surface area (Å²) in [4.78, 5) is 36.3. The molecular weight excluding hydrogens is 452 g/mol. The number of carbonyl (C=O) groups is 3. The second-order valence-electron chi connectivity index (χ2n) is 9.82. The fourth-order valence-corrected chi connectivity index (χ4v) is 6.03. The van der Waals surface area contributed by atoms with Gasteiger partial charge in [-0.3, -0.25) is 14.4 Å². The molecule has 0 saturated carbocycles. The summed E-state index contributed by atoms with van der Waals surface area (Å²) in [5.41, 5.74) is -2.32. The van der Waals surface area contributed by atoms with Crippen LogP contribution in [-0.4, -0.2) is 58.1 Å². The summed E-state index contributed by atoms with van der Waals surface area (Å²) in [5.74, 6) is -3.97. The van der Waals surface area contributed by atoms with Crippen molar-refractivity contribution in [1.82, 2.24) is 0 Å². The normalized spacial score (nSPS) is 43.3. The average molecular weight is 485 g/mol. The van der Waals surface area contributed by atoms with Gasteiger partial charge in [0.15, 0.2) is 6.10 Å². The average Bonchev–Trinajstić information content (AvgIpc) is 2.96. The van der Waals surface area contributed by atoms with Gasteiger partial charge >= 0.3 is 17.9 Å². The van der Waals surface area contributed by atoms with E-state index in [0.717, 1.165) is 0 Å². The lowest BCUT2D eigenvalue weighted by Gasteiger charge is -2.53. The lowest BCUT2D eigenvalue weighted by atomic mass is 9.56. The molecule has 2 N–H and O–H groups in total. The van der Waals surface area contributed by atoms with E-state index in [1.165, 1.54) is 20.8 Å². The fraction of sp³-hybridized carbons (Fsp3) is 0.708. The van der Waals surface area contributed by atoms with Crippen LogP contribution in [0.3, 0.4) is 0 Å². The van der Waals surface area contributed by atoms with E-state index in [1.54, 1.807) is 26.0 Å². The minimum Gasteiger partial charge on any atom is -0.462 e. The van der Waals surface area contributed by atoms with E-state index in [2.05, 4.69) is 0 Å². The summed E-state index contributed by atoms with van der Waals surface area (Å²) < 4.78 is 16.7. The third-order valence-corrected chi connectivity index (χ3v) is 8.21. The smallest absolute Gasteiger partial charge is 0.312 e. The number of aliphatic hydroxyl groups excluding tert-OH is 1. The Bertz CT molecular complexity index is 897. The topological polar surface area (TPSA) is 119 Å². The molecule has 3 aliphatic rings. The zero-order valence-electron chi connectivity index (χ0n) is 19.8. The first kappa shape index (κ1) is 25.7. The molecule has 1 saturated heterocycles. The Morgan fingerprint density at radius 3 is 2.39 bits per heavy atom. The Morgan fingerprint density at radius 2 is 1.82 bits per heavy atom. The Morgan fingerprint density at radius 1 is 1.21 bits per heavy atom. The van der Waals surface area contributed by atoms with E-state index in [-0.39, 0.29) is 5.03 Å². The predicted octanol–water partition coefficient (Wildman–Crippen LogP) is 2.64. The molecular formula is C24H33ClO8. The number of halogens is 1. The van der Waals surface area contributed by atoms with Crippen LogP contribution in [0.5, 0.6) is 0 Å². The monoisotopic (exact) mass is 484 g/mol. The summed E-state index contributed by atoms with van der Waals surface area (Å²) in [6, 6.07) is 0. The van der Waals surface area contributed by atoms with Gasteiger partial charge in [-0.2, -0.15) is 0 Å². The number of hydrogen-bond donors (Lipinski definition) is 2. The van der Waals surface area contributed by atoms with E-state index in [0.29, 0.717) is 18.4 Å². The first-order chi connectivity index (χ1) is 15.2. The lowest BCUT2D eigenvalue weighted by molar-refractivity contribution is -0.193. The second-order valence-corrected chi connectivity index (χ2v) is 10.2. The molecule has 1 aliphatic heterocycles. The molecule has 9 atom stereocenters. The standard InChI is InChI=1S/C24H33ClO8/c1-11-7-8-17(32-15(5)27)23(6)10-9-16(31-14(4)26)12(2)18(23)20(28)24(30)13(3)22(29)33-21(24)19(11)25/h9-10,12-13,16-18,20-21,28,30H,7-8H2,1-6H3. The maximum atomic E-state index is 12.6. The zero-order chi connectivity index (χ0) is 24.9. The predicted molar refractivity (Wildman–Crippen MR) is 119 cm³/mol. The molecule has 9 unspecified atom stereocenters. The number of esters is 3. The molecule has 0 spiro atoms. The third kappa shape index (κ3) is 4.21. The van der Waals surface area contributed by atoms with Gasteiger partial charge in [-0.25, -0.2) is 0 Å².